The quantitative estimate of drug-likeness (QED) is 0.250. The van der Waals surface area contributed by atoms with Gasteiger partial charge in [-0.05, 0) is 37.1 Å². The van der Waals surface area contributed by atoms with E-state index in [9.17, 15) is 0 Å². The highest BCUT2D eigenvalue weighted by atomic mass is 16.5. The minimum absolute atomic E-state index is 0.0756. The first-order valence-corrected chi connectivity index (χ1v) is 7.25. The summed E-state index contributed by atoms with van der Waals surface area (Å²) in [5.41, 5.74) is 8.21. The van der Waals surface area contributed by atoms with Crippen LogP contribution in [0, 0.1) is 0 Å². The molecule has 0 bridgehead atoms. The molecule has 5 nitrogen and oxygen atoms in total. The molecule has 0 heterocycles. The molecule has 0 spiro atoms. The number of hydrogen-bond donors (Lipinski definition) is 3. The molecule has 0 aromatic heterocycles. The molecule has 0 amide bonds. The fourth-order valence-corrected chi connectivity index (χ4v) is 1.94. The number of nitrogens with one attached hydrogen (secondary N) is 1. The smallest absolute Gasteiger partial charge is 0.119 e. The molecule has 0 saturated heterocycles. The Morgan fingerprint density at radius 2 is 1.60 bits per heavy atom. The van der Waals surface area contributed by atoms with Crippen molar-refractivity contribution in [1.29, 1.82) is 0 Å². The molecule has 114 valence electrons. The van der Waals surface area contributed by atoms with Gasteiger partial charge in [-0.3, -0.25) is 5.84 Å². The maximum absolute atomic E-state index is 5.67. The van der Waals surface area contributed by atoms with Crippen LogP contribution in [0.15, 0.2) is 24.3 Å². The standard InChI is InChI=1S/C15H27N3O2/c1-19-13-8-10-14(11-9-13)20-12-6-4-2-3-5-7-15(16)18-17/h8-11,15,18H,2-7,12,16-17H2,1H3. The lowest BCUT2D eigenvalue weighted by Gasteiger charge is -2.09. The summed E-state index contributed by atoms with van der Waals surface area (Å²) >= 11 is 0. The monoisotopic (exact) mass is 281 g/mol. The topological polar surface area (TPSA) is 82.5 Å². The summed E-state index contributed by atoms with van der Waals surface area (Å²) < 4.78 is 10.8. The van der Waals surface area contributed by atoms with E-state index in [0.29, 0.717) is 0 Å². The first-order chi connectivity index (χ1) is 9.76. The van der Waals surface area contributed by atoms with E-state index in [1.54, 1.807) is 7.11 Å². The Balaban J connectivity index is 1.96. The van der Waals surface area contributed by atoms with Gasteiger partial charge < -0.3 is 15.2 Å². The number of nitrogens with two attached hydrogens (primary N) is 2. The molecule has 20 heavy (non-hydrogen) atoms. The molecule has 1 atom stereocenters. The van der Waals surface area contributed by atoms with Crippen molar-refractivity contribution in [1.82, 2.24) is 5.43 Å². The minimum Gasteiger partial charge on any atom is -0.497 e. The van der Waals surface area contributed by atoms with Gasteiger partial charge in [0.05, 0.1) is 19.9 Å². The van der Waals surface area contributed by atoms with E-state index >= 15 is 0 Å². The largest absolute Gasteiger partial charge is 0.497 e. The SMILES string of the molecule is COc1ccc(OCCCCCCCC(N)NN)cc1. The Hall–Kier alpha value is -1.30. The summed E-state index contributed by atoms with van der Waals surface area (Å²) in [4.78, 5) is 0. The van der Waals surface area contributed by atoms with E-state index in [2.05, 4.69) is 5.43 Å². The normalized spacial score (nSPS) is 12.2. The minimum atomic E-state index is -0.0756. The second-order valence-electron chi connectivity index (χ2n) is 4.85. The molecular weight excluding hydrogens is 254 g/mol. The summed E-state index contributed by atoms with van der Waals surface area (Å²) in [6, 6.07) is 7.67. The molecule has 0 saturated carbocycles. The summed E-state index contributed by atoms with van der Waals surface area (Å²) in [6.45, 7) is 0.760. The van der Waals surface area contributed by atoms with Gasteiger partial charge in [0.25, 0.3) is 0 Å². The van der Waals surface area contributed by atoms with Gasteiger partial charge >= 0.3 is 0 Å². The fraction of sp³-hybridized carbons (Fsp3) is 0.600. The van der Waals surface area contributed by atoms with Gasteiger partial charge in [-0.2, -0.15) is 0 Å². The van der Waals surface area contributed by atoms with Crippen LogP contribution in [0.3, 0.4) is 0 Å². The Morgan fingerprint density at radius 1 is 1.00 bits per heavy atom. The number of ether oxygens (including phenoxy) is 2. The molecule has 1 aromatic carbocycles. The average molecular weight is 281 g/mol. The highest BCUT2D eigenvalue weighted by Crippen LogP contribution is 2.17. The van der Waals surface area contributed by atoms with Gasteiger partial charge in [0.15, 0.2) is 0 Å². The van der Waals surface area contributed by atoms with Crippen LogP contribution in [0.1, 0.15) is 38.5 Å². The lowest BCUT2D eigenvalue weighted by atomic mass is 10.1. The zero-order chi connectivity index (χ0) is 14.6. The first-order valence-electron chi connectivity index (χ1n) is 7.25. The Morgan fingerprint density at radius 3 is 2.25 bits per heavy atom. The lowest BCUT2D eigenvalue weighted by molar-refractivity contribution is 0.303. The number of hydrogen-bond acceptors (Lipinski definition) is 5. The van der Waals surface area contributed by atoms with Gasteiger partial charge in [0.1, 0.15) is 11.5 Å². The third-order valence-electron chi connectivity index (χ3n) is 3.20. The van der Waals surface area contributed by atoms with Gasteiger partial charge in [-0.25, -0.2) is 5.43 Å². The average Bonchev–Trinajstić information content (AvgIpc) is 2.50. The summed E-state index contributed by atoms with van der Waals surface area (Å²) in [5, 5.41) is 0. The third-order valence-corrected chi connectivity index (χ3v) is 3.20. The highest BCUT2D eigenvalue weighted by molar-refractivity contribution is 5.31. The molecule has 0 aliphatic carbocycles. The van der Waals surface area contributed by atoms with Gasteiger partial charge in [0.2, 0.25) is 0 Å². The Labute approximate surface area is 121 Å². The van der Waals surface area contributed by atoms with Gasteiger partial charge in [-0.15, -0.1) is 0 Å². The van der Waals surface area contributed by atoms with E-state index in [0.717, 1.165) is 37.4 Å². The van der Waals surface area contributed by atoms with Crippen molar-refractivity contribution in [3.8, 4) is 11.5 Å². The molecule has 1 unspecified atom stereocenters. The molecule has 5 N–H and O–H groups in total. The Bertz CT molecular complexity index is 343. The summed E-state index contributed by atoms with van der Waals surface area (Å²) in [5.74, 6) is 6.97. The lowest BCUT2D eigenvalue weighted by Crippen LogP contribution is -2.41. The molecule has 0 radical (unpaired) electrons. The Kier molecular flexibility index (Phi) is 8.78. The van der Waals surface area contributed by atoms with Crippen LogP contribution in [0.5, 0.6) is 11.5 Å². The van der Waals surface area contributed by atoms with Crippen LogP contribution in [0.2, 0.25) is 0 Å². The zero-order valence-electron chi connectivity index (χ0n) is 12.3. The van der Waals surface area contributed by atoms with E-state index in [1.807, 2.05) is 24.3 Å². The van der Waals surface area contributed by atoms with Gasteiger partial charge in [0, 0.05) is 0 Å². The van der Waals surface area contributed by atoms with Crippen LogP contribution in [-0.2, 0) is 0 Å². The van der Waals surface area contributed by atoms with Crippen molar-refractivity contribution >= 4 is 0 Å². The predicted octanol–water partition coefficient (Wildman–Crippen LogP) is 2.16. The van der Waals surface area contributed by atoms with E-state index in [1.165, 1.54) is 19.3 Å². The van der Waals surface area contributed by atoms with Crippen LogP contribution >= 0.6 is 0 Å². The van der Waals surface area contributed by atoms with E-state index in [4.69, 9.17) is 21.1 Å². The molecule has 1 aromatic rings. The molecule has 0 aliphatic heterocycles. The summed E-state index contributed by atoms with van der Waals surface area (Å²) in [6.07, 6.45) is 6.63. The van der Waals surface area contributed by atoms with E-state index in [-0.39, 0.29) is 6.17 Å². The van der Waals surface area contributed by atoms with Crippen LogP contribution in [0.4, 0.5) is 0 Å². The van der Waals surface area contributed by atoms with Gasteiger partial charge in [-0.1, -0.05) is 25.7 Å². The summed E-state index contributed by atoms with van der Waals surface area (Å²) in [7, 11) is 1.66. The molecular formula is C15H27N3O2. The van der Waals surface area contributed by atoms with Crippen LogP contribution in [-0.4, -0.2) is 19.9 Å². The van der Waals surface area contributed by atoms with Crippen molar-refractivity contribution in [2.75, 3.05) is 13.7 Å². The number of benzene rings is 1. The van der Waals surface area contributed by atoms with Crippen LogP contribution in [0.25, 0.3) is 0 Å². The molecule has 1 rings (SSSR count). The van der Waals surface area contributed by atoms with Crippen molar-refractivity contribution in [3.05, 3.63) is 24.3 Å². The maximum atomic E-state index is 5.67. The number of methoxy groups -OCH3 is 1. The molecule has 5 heteroatoms. The molecule has 0 aliphatic rings. The number of rotatable bonds is 11. The van der Waals surface area contributed by atoms with Crippen molar-refractivity contribution in [2.45, 2.75) is 44.7 Å². The van der Waals surface area contributed by atoms with Crippen molar-refractivity contribution < 1.29 is 9.47 Å². The molecule has 0 fully saturated rings. The third kappa shape index (κ3) is 7.33. The predicted molar refractivity (Wildman–Crippen MR) is 81.5 cm³/mol. The number of unbranched alkanes of at least 4 members (excludes halogenated alkanes) is 4. The second kappa shape index (κ2) is 10.5. The fourth-order valence-electron chi connectivity index (χ4n) is 1.94. The first kappa shape index (κ1) is 16.8. The van der Waals surface area contributed by atoms with Crippen molar-refractivity contribution in [3.63, 3.8) is 0 Å². The number of hydrazine groups is 1. The van der Waals surface area contributed by atoms with Crippen molar-refractivity contribution in [2.24, 2.45) is 11.6 Å². The zero-order valence-corrected chi connectivity index (χ0v) is 12.3. The van der Waals surface area contributed by atoms with Crippen LogP contribution < -0.4 is 26.5 Å². The van der Waals surface area contributed by atoms with E-state index < -0.39 is 0 Å². The maximum Gasteiger partial charge on any atom is 0.119 e. The highest BCUT2D eigenvalue weighted by Gasteiger charge is 1.98. The second-order valence-corrected chi connectivity index (χ2v) is 4.85.